The van der Waals surface area contributed by atoms with Crippen LogP contribution in [0.25, 0.3) is 0 Å². The average molecular weight is 234 g/mol. The van der Waals surface area contributed by atoms with E-state index in [0.717, 1.165) is 18.4 Å². The van der Waals surface area contributed by atoms with Crippen LogP contribution in [0.5, 0.6) is 0 Å². The number of hydrogen-bond donors (Lipinski definition) is 1. The monoisotopic (exact) mass is 234 g/mol. The predicted octanol–water partition coefficient (Wildman–Crippen LogP) is 1.23. The van der Waals surface area contributed by atoms with Gasteiger partial charge in [0.2, 0.25) is 0 Å². The minimum atomic E-state index is -0.167. The molecule has 1 fully saturated rings. The summed E-state index contributed by atoms with van der Waals surface area (Å²) < 4.78 is 0. The van der Waals surface area contributed by atoms with Crippen molar-refractivity contribution in [1.82, 2.24) is 9.88 Å². The first-order valence-corrected chi connectivity index (χ1v) is 5.93. The van der Waals surface area contributed by atoms with Crippen LogP contribution in [0.15, 0.2) is 18.3 Å². The maximum atomic E-state index is 12.1. The SMILES string of the molecule is Cc1cccnc1C(=O)N(C)CC1CC(O)C1. The molecule has 4 heteroatoms. The molecule has 1 aliphatic carbocycles. The summed E-state index contributed by atoms with van der Waals surface area (Å²) in [5.41, 5.74) is 1.42. The molecular formula is C13H18N2O2. The number of aromatic nitrogens is 1. The maximum absolute atomic E-state index is 12.1. The zero-order chi connectivity index (χ0) is 12.4. The Morgan fingerprint density at radius 2 is 2.29 bits per heavy atom. The van der Waals surface area contributed by atoms with Gasteiger partial charge in [0.25, 0.3) is 5.91 Å². The highest BCUT2D eigenvalue weighted by atomic mass is 16.3. The van der Waals surface area contributed by atoms with Crippen LogP contribution in [0.2, 0.25) is 0 Å². The van der Waals surface area contributed by atoms with Crippen molar-refractivity contribution in [3.63, 3.8) is 0 Å². The largest absolute Gasteiger partial charge is 0.393 e. The minimum Gasteiger partial charge on any atom is -0.393 e. The first-order chi connectivity index (χ1) is 8.08. The summed E-state index contributed by atoms with van der Waals surface area (Å²) in [4.78, 5) is 17.9. The third kappa shape index (κ3) is 2.64. The molecule has 1 aromatic heterocycles. The van der Waals surface area contributed by atoms with Gasteiger partial charge in [-0.2, -0.15) is 0 Å². The summed E-state index contributed by atoms with van der Waals surface area (Å²) in [5, 5.41) is 9.22. The maximum Gasteiger partial charge on any atom is 0.272 e. The molecule has 0 aromatic carbocycles. The fraction of sp³-hybridized carbons (Fsp3) is 0.538. The van der Waals surface area contributed by atoms with Crippen LogP contribution < -0.4 is 0 Å². The molecule has 1 aliphatic rings. The Bertz CT molecular complexity index is 414. The molecule has 0 saturated heterocycles. The highest BCUT2D eigenvalue weighted by Crippen LogP contribution is 2.27. The van der Waals surface area contributed by atoms with Crippen LogP contribution >= 0.6 is 0 Å². The molecule has 2 rings (SSSR count). The molecule has 1 N–H and O–H groups in total. The Morgan fingerprint density at radius 1 is 1.59 bits per heavy atom. The molecule has 17 heavy (non-hydrogen) atoms. The van der Waals surface area contributed by atoms with E-state index >= 15 is 0 Å². The van der Waals surface area contributed by atoms with E-state index in [1.165, 1.54) is 0 Å². The van der Waals surface area contributed by atoms with Crippen LogP contribution in [0.1, 0.15) is 28.9 Å². The molecule has 1 amide bonds. The molecule has 4 nitrogen and oxygen atoms in total. The number of nitrogens with zero attached hydrogens (tertiary/aromatic N) is 2. The Hall–Kier alpha value is -1.42. The van der Waals surface area contributed by atoms with E-state index in [2.05, 4.69) is 4.98 Å². The Labute approximate surface area is 101 Å². The van der Waals surface area contributed by atoms with Gasteiger partial charge >= 0.3 is 0 Å². The van der Waals surface area contributed by atoms with Crippen LogP contribution in [-0.2, 0) is 0 Å². The minimum absolute atomic E-state index is 0.0375. The number of hydrogen-bond acceptors (Lipinski definition) is 3. The van der Waals surface area contributed by atoms with Crippen molar-refractivity contribution in [3.05, 3.63) is 29.6 Å². The number of carbonyl (C=O) groups excluding carboxylic acids is 1. The van der Waals surface area contributed by atoms with Gasteiger partial charge in [-0.3, -0.25) is 9.78 Å². The molecule has 1 heterocycles. The number of aryl methyl sites for hydroxylation is 1. The topological polar surface area (TPSA) is 53.4 Å². The van der Waals surface area contributed by atoms with Crippen molar-refractivity contribution in [2.24, 2.45) is 5.92 Å². The van der Waals surface area contributed by atoms with E-state index in [4.69, 9.17) is 0 Å². The van der Waals surface area contributed by atoms with Gasteiger partial charge in [0.1, 0.15) is 5.69 Å². The van der Waals surface area contributed by atoms with Crippen molar-refractivity contribution >= 4 is 5.91 Å². The van der Waals surface area contributed by atoms with Crippen molar-refractivity contribution in [1.29, 1.82) is 0 Å². The average Bonchev–Trinajstić information content (AvgIpc) is 2.26. The molecular weight excluding hydrogens is 216 g/mol. The lowest BCUT2D eigenvalue weighted by Gasteiger charge is -2.34. The van der Waals surface area contributed by atoms with Gasteiger partial charge in [-0.25, -0.2) is 0 Å². The second-order valence-corrected chi connectivity index (χ2v) is 4.85. The van der Waals surface area contributed by atoms with Crippen LogP contribution in [0, 0.1) is 12.8 Å². The summed E-state index contributed by atoms with van der Waals surface area (Å²) >= 11 is 0. The number of aliphatic hydroxyl groups excluding tert-OH is 1. The third-order valence-electron chi connectivity index (χ3n) is 3.30. The fourth-order valence-electron chi connectivity index (χ4n) is 2.21. The summed E-state index contributed by atoms with van der Waals surface area (Å²) in [6.07, 6.45) is 3.08. The molecule has 0 unspecified atom stereocenters. The van der Waals surface area contributed by atoms with Gasteiger partial charge < -0.3 is 10.0 Å². The van der Waals surface area contributed by atoms with Crippen molar-refractivity contribution in [2.75, 3.05) is 13.6 Å². The highest BCUT2D eigenvalue weighted by molar-refractivity contribution is 5.93. The van der Waals surface area contributed by atoms with E-state index in [1.807, 2.05) is 19.1 Å². The summed E-state index contributed by atoms with van der Waals surface area (Å²) in [6.45, 7) is 2.59. The lowest BCUT2D eigenvalue weighted by atomic mass is 9.82. The lowest BCUT2D eigenvalue weighted by Crippen LogP contribution is -2.39. The van der Waals surface area contributed by atoms with Gasteiger partial charge in [-0.1, -0.05) is 6.07 Å². The molecule has 0 bridgehead atoms. The molecule has 0 atom stereocenters. The number of amides is 1. The quantitative estimate of drug-likeness (QED) is 0.856. The second-order valence-electron chi connectivity index (χ2n) is 4.85. The summed E-state index contributed by atoms with van der Waals surface area (Å²) in [7, 11) is 1.79. The molecule has 92 valence electrons. The van der Waals surface area contributed by atoms with Crippen molar-refractivity contribution < 1.29 is 9.90 Å². The van der Waals surface area contributed by atoms with Gasteiger partial charge in [-0.05, 0) is 37.3 Å². The molecule has 0 radical (unpaired) electrons. The summed E-state index contributed by atoms with van der Waals surface area (Å²) in [5.74, 6) is 0.396. The number of pyridine rings is 1. The highest BCUT2D eigenvalue weighted by Gasteiger charge is 2.29. The number of rotatable bonds is 3. The van der Waals surface area contributed by atoms with Gasteiger partial charge in [-0.15, -0.1) is 0 Å². The van der Waals surface area contributed by atoms with E-state index in [-0.39, 0.29) is 12.0 Å². The zero-order valence-corrected chi connectivity index (χ0v) is 10.3. The number of carbonyl (C=O) groups is 1. The van der Waals surface area contributed by atoms with E-state index in [9.17, 15) is 9.90 Å². The first-order valence-electron chi connectivity index (χ1n) is 5.93. The zero-order valence-electron chi connectivity index (χ0n) is 10.3. The first kappa shape index (κ1) is 12.0. The van der Waals surface area contributed by atoms with Gasteiger partial charge in [0.15, 0.2) is 0 Å². The molecule has 1 saturated carbocycles. The number of aliphatic hydroxyl groups is 1. The standard InChI is InChI=1S/C13H18N2O2/c1-9-4-3-5-14-12(9)13(17)15(2)8-10-6-11(16)7-10/h3-5,10-11,16H,6-8H2,1-2H3. The molecule has 1 aromatic rings. The van der Waals surface area contributed by atoms with Crippen molar-refractivity contribution in [3.8, 4) is 0 Å². The van der Waals surface area contributed by atoms with E-state index in [1.54, 1.807) is 18.1 Å². The predicted molar refractivity (Wildman–Crippen MR) is 64.7 cm³/mol. The van der Waals surface area contributed by atoms with Crippen molar-refractivity contribution in [2.45, 2.75) is 25.9 Å². The Kier molecular flexibility index (Phi) is 3.43. The molecule has 0 spiro atoms. The second kappa shape index (κ2) is 4.84. The van der Waals surface area contributed by atoms with Crippen LogP contribution in [0.4, 0.5) is 0 Å². The normalized spacial score (nSPS) is 23.0. The van der Waals surface area contributed by atoms with E-state index in [0.29, 0.717) is 18.2 Å². The Balaban J connectivity index is 1.97. The lowest BCUT2D eigenvalue weighted by molar-refractivity contribution is 0.0263. The van der Waals surface area contributed by atoms with Gasteiger partial charge in [0, 0.05) is 19.8 Å². The van der Waals surface area contributed by atoms with Crippen LogP contribution in [0.3, 0.4) is 0 Å². The smallest absolute Gasteiger partial charge is 0.272 e. The van der Waals surface area contributed by atoms with Crippen LogP contribution in [-0.4, -0.2) is 40.6 Å². The Morgan fingerprint density at radius 3 is 2.88 bits per heavy atom. The summed E-state index contributed by atoms with van der Waals surface area (Å²) in [6, 6.07) is 3.72. The fourth-order valence-corrected chi connectivity index (χ4v) is 2.21. The third-order valence-corrected chi connectivity index (χ3v) is 3.30. The van der Waals surface area contributed by atoms with Gasteiger partial charge in [0.05, 0.1) is 6.10 Å². The molecule has 0 aliphatic heterocycles. The van der Waals surface area contributed by atoms with E-state index < -0.39 is 0 Å².